The van der Waals surface area contributed by atoms with E-state index in [1.165, 1.54) is 0 Å². The number of methoxy groups -OCH3 is 1. The summed E-state index contributed by atoms with van der Waals surface area (Å²) >= 11 is 0. The molecular formula is C12H15N3O. The summed E-state index contributed by atoms with van der Waals surface area (Å²) in [6.45, 7) is 2.88. The number of anilines is 1. The van der Waals surface area contributed by atoms with Crippen LogP contribution in [0.1, 0.15) is 12.1 Å². The zero-order valence-corrected chi connectivity index (χ0v) is 9.39. The minimum Gasteiger partial charge on any atom is -0.384 e. The van der Waals surface area contributed by atoms with Gasteiger partial charge in [0, 0.05) is 26.1 Å². The number of hydrogen-bond acceptors (Lipinski definition) is 4. The van der Waals surface area contributed by atoms with Gasteiger partial charge in [0.05, 0.1) is 18.5 Å². The fourth-order valence-electron chi connectivity index (χ4n) is 2.08. The lowest BCUT2D eigenvalue weighted by Crippen LogP contribution is -2.21. The lowest BCUT2D eigenvalue weighted by molar-refractivity contribution is 0.161. The Morgan fingerprint density at radius 3 is 3.12 bits per heavy atom. The molecule has 1 saturated heterocycles. The van der Waals surface area contributed by atoms with Crippen LogP contribution in [0.2, 0.25) is 0 Å². The van der Waals surface area contributed by atoms with E-state index >= 15 is 0 Å². The first-order chi connectivity index (χ1) is 7.83. The summed E-state index contributed by atoms with van der Waals surface area (Å²) in [5.41, 5.74) is 1.56. The Labute approximate surface area is 95.5 Å². The SMILES string of the molecule is COCC1CCN(c2ccc(C#N)nc2)C1. The van der Waals surface area contributed by atoms with Gasteiger partial charge in [-0.2, -0.15) is 5.26 Å². The Morgan fingerprint density at radius 1 is 1.62 bits per heavy atom. The van der Waals surface area contributed by atoms with Gasteiger partial charge in [-0.1, -0.05) is 0 Å². The first-order valence-electron chi connectivity index (χ1n) is 5.43. The second kappa shape index (κ2) is 4.95. The zero-order valence-electron chi connectivity index (χ0n) is 9.39. The van der Waals surface area contributed by atoms with Crippen molar-refractivity contribution in [1.29, 1.82) is 5.26 Å². The Hall–Kier alpha value is -1.60. The fraction of sp³-hybridized carbons (Fsp3) is 0.500. The van der Waals surface area contributed by atoms with Crippen molar-refractivity contribution in [3.05, 3.63) is 24.0 Å². The first kappa shape index (κ1) is 10.9. The average molecular weight is 217 g/mol. The molecule has 1 aliphatic heterocycles. The van der Waals surface area contributed by atoms with E-state index in [-0.39, 0.29) is 0 Å². The van der Waals surface area contributed by atoms with E-state index in [1.807, 2.05) is 12.1 Å². The van der Waals surface area contributed by atoms with Crippen LogP contribution in [0.25, 0.3) is 0 Å². The first-order valence-corrected chi connectivity index (χ1v) is 5.43. The van der Waals surface area contributed by atoms with E-state index in [0.29, 0.717) is 11.6 Å². The number of nitrogens with zero attached hydrogens (tertiary/aromatic N) is 3. The van der Waals surface area contributed by atoms with Gasteiger partial charge in [-0.3, -0.25) is 0 Å². The van der Waals surface area contributed by atoms with Crippen molar-refractivity contribution in [2.75, 3.05) is 31.7 Å². The molecule has 1 unspecified atom stereocenters. The summed E-state index contributed by atoms with van der Waals surface area (Å²) < 4.78 is 5.16. The average Bonchev–Trinajstić information content (AvgIpc) is 2.78. The maximum absolute atomic E-state index is 8.66. The molecule has 1 atom stereocenters. The summed E-state index contributed by atoms with van der Waals surface area (Å²) in [6.07, 6.45) is 2.93. The minimum atomic E-state index is 0.469. The standard InChI is InChI=1S/C12H15N3O/c1-16-9-10-4-5-15(8-10)12-3-2-11(6-13)14-7-12/h2-3,7,10H,4-5,8-9H2,1H3. The Kier molecular flexibility index (Phi) is 3.37. The molecule has 1 fully saturated rings. The molecule has 0 bridgehead atoms. The monoisotopic (exact) mass is 217 g/mol. The number of rotatable bonds is 3. The molecule has 2 heterocycles. The molecule has 0 aromatic carbocycles. The van der Waals surface area contributed by atoms with Gasteiger partial charge in [0.2, 0.25) is 0 Å². The Morgan fingerprint density at radius 2 is 2.50 bits per heavy atom. The van der Waals surface area contributed by atoms with Gasteiger partial charge in [-0.15, -0.1) is 0 Å². The molecule has 0 radical (unpaired) electrons. The van der Waals surface area contributed by atoms with E-state index < -0.39 is 0 Å². The molecule has 1 aliphatic rings. The molecule has 1 aromatic rings. The van der Waals surface area contributed by atoms with Gasteiger partial charge in [-0.25, -0.2) is 4.98 Å². The van der Waals surface area contributed by atoms with Crippen LogP contribution in [-0.2, 0) is 4.74 Å². The zero-order chi connectivity index (χ0) is 11.4. The van der Waals surface area contributed by atoms with Crippen LogP contribution in [0.15, 0.2) is 18.3 Å². The van der Waals surface area contributed by atoms with Crippen LogP contribution in [-0.4, -0.2) is 31.8 Å². The highest BCUT2D eigenvalue weighted by Crippen LogP contribution is 2.23. The molecule has 0 saturated carbocycles. The predicted octanol–water partition coefficient (Wildman–Crippen LogP) is 1.43. The molecule has 0 spiro atoms. The highest BCUT2D eigenvalue weighted by atomic mass is 16.5. The van der Waals surface area contributed by atoms with Gasteiger partial charge in [0.25, 0.3) is 0 Å². The van der Waals surface area contributed by atoms with Crippen LogP contribution in [0, 0.1) is 17.2 Å². The highest BCUT2D eigenvalue weighted by molar-refractivity contribution is 5.46. The number of ether oxygens (including phenoxy) is 1. The molecular weight excluding hydrogens is 202 g/mol. The van der Waals surface area contributed by atoms with Crippen LogP contribution >= 0.6 is 0 Å². The molecule has 16 heavy (non-hydrogen) atoms. The third-order valence-electron chi connectivity index (χ3n) is 2.92. The molecule has 2 rings (SSSR count). The van der Waals surface area contributed by atoms with Crippen LogP contribution in [0.4, 0.5) is 5.69 Å². The maximum Gasteiger partial charge on any atom is 0.140 e. The van der Waals surface area contributed by atoms with Crippen molar-refractivity contribution in [3.63, 3.8) is 0 Å². The van der Waals surface area contributed by atoms with E-state index in [9.17, 15) is 0 Å². The number of hydrogen-bond donors (Lipinski definition) is 0. The highest BCUT2D eigenvalue weighted by Gasteiger charge is 2.22. The van der Waals surface area contributed by atoms with Crippen molar-refractivity contribution < 1.29 is 4.74 Å². The van der Waals surface area contributed by atoms with Crippen LogP contribution < -0.4 is 4.90 Å². The smallest absolute Gasteiger partial charge is 0.140 e. The lowest BCUT2D eigenvalue weighted by atomic mass is 10.1. The molecule has 0 N–H and O–H groups in total. The quantitative estimate of drug-likeness (QED) is 0.768. The molecule has 4 nitrogen and oxygen atoms in total. The van der Waals surface area contributed by atoms with Crippen molar-refractivity contribution in [2.45, 2.75) is 6.42 Å². The van der Waals surface area contributed by atoms with Gasteiger partial charge >= 0.3 is 0 Å². The maximum atomic E-state index is 8.66. The molecule has 1 aromatic heterocycles. The topological polar surface area (TPSA) is 49.1 Å². The summed E-state index contributed by atoms with van der Waals surface area (Å²) in [6, 6.07) is 5.75. The Bertz CT molecular complexity index is 382. The summed E-state index contributed by atoms with van der Waals surface area (Å²) in [7, 11) is 1.74. The number of nitriles is 1. The molecule has 0 aliphatic carbocycles. The minimum absolute atomic E-state index is 0.469. The number of pyridine rings is 1. The second-order valence-electron chi connectivity index (χ2n) is 4.07. The van der Waals surface area contributed by atoms with E-state index in [4.69, 9.17) is 10.00 Å². The normalized spacial score (nSPS) is 19.8. The van der Waals surface area contributed by atoms with Gasteiger partial charge in [0.1, 0.15) is 11.8 Å². The largest absolute Gasteiger partial charge is 0.384 e. The van der Waals surface area contributed by atoms with E-state index in [2.05, 4.69) is 9.88 Å². The number of aromatic nitrogens is 1. The van der Waals surface area contributed by atoms with Crippen molar-refractivity contribution in [3.8, 4) is 6.07 Å². The third-order valence-corrected chi connectivity index (χ3v) is 2.92. The predicted molar refractivity (Wildman–Crippen MR) is 61.1 cm³/mol. The second-order valence-corrected chi connectivity index (χ2v) is 4.07. The van der Waals surface area contributed by atoms with Gasteiger partial charge in [-0.05, 0) is 18.6 Å². The van der Waals surface area contributed by atoms with Crippen LogP contribution in [0.3, 0.4) is 0 Å². The summed E-state index contributed by atoms with van der Waals surface area (Å²) in [5.74, 6) is 0.612. The van der Waals surface area contributed by atoms with Crippen molar-refractivity contribution in [1.82, 2.24) is 4.98 Å². The fourth-order valence-corrected chi connectivity index (χ4v) is 2.08. The summed E-state index contributed by atoms with van der Waals surface area (Å²) in [4.78, 5) is 6.37. The lowest BCUT2D eigenvalue weighted by Gasteiger charge is -2.17. The van der Waals surface area contributed by atoms with Crippen molar-refractivity contribution in [2.24, 2.45) is 5.92 Å². The molecule has 0 amide bonds. The Balaban J connectivity index is 2.00. The summed E-state index contributed by atoms with van der Waals surface area (Å²) in [5, 5.41) is 8.66. The van der Waals surface area contributed by atoms with Crippen LogP contribution in [0.5, 0.6) is 0 Å². The van der Waals surface area contributed by atoms with Crippen molar-refractivity contribution >= 4 is 5.69 Å². The molecule has 4 heteroatoms. The molecule has 84 valence electrons. The van der Waals surface area contributed by atoms with Gasteiger partial charge < -0.3 is 9.64 Å². The third kappa shape index (κ3) is 2.31. The van der Waals surface area contributed by atoms with Gasteiger partial charge in [0.15, 0.2) is 0 Å². The van der Waals surface area contributed by atoms with E-state index in [1.54, 1.807) is 19.4 Å². The van der Waals surface area contributed by atoms with E-state index in [0.717, 1.165) is 31.8 Å².